The van der Waals surface area contributed by atoms with Crippen molar-refractivity contribution >= 4 is 16.0 Å². The zero-order valence-corrected chi connectivity index (χ0v) is 10.8. The zero-order chi connectivity index (χ0) is 13.1. The van der Waals surface area contributed by atoms with E-state index in [1.54, 1.807) is 0 Å². The van der Waals surface area contributed by atoms with E-state index < -0.39 is 16.0 Å². The third-order valence-corrected chi connectivity index (χ3v) is 5.04. The maximum absolute atomic E-state index is 11.9. The lowest BCUT2D eigenvalue weighted by Gasteiger charge is -2.34. The molecule has 1 aliphatic rings. The molecule has 1 aliphatic heterocycles. The van der Waals surface area contributed by atoms with Gasteiger partial charge in [-0.1, -0.05) is 6.92 Å². The molecule has 17 heavy (non-hydrogen) atoms. The Kier molecular flexibility index (Phi) is 4.91. The molecule has 0 aromatic carbocycles. The van der Waals surface area contributed by atoms with Crippen molar-refractivity contribution in [1.82, 2.24) is 4.31 Å². The normalized spacial score (nSPS) is 26.9. The van der Waals surface area contributed by atoms with Crippen molar-refractivity contribution in [2.24, 2.45) is 11.7 Å². The first-order valence-electron chi connectivity index (χ1n) is 5.78. The number of carboxylic acid groups (broad SMARTS) is 1. The lowest BCUT2D eigenvalue weighted by molar-refractivity contribution is -0.137. The molecule has 0 bridgehead atoms. The van der Waals surface area contributed by atoms with Crippen molar-refractivity contribution in [1.29, 1.82) is 0 Å². The monoisotopic (exact) mass is 264 g/mol. The summed E-state index contributed by atoms with van der Waals surface area (Å²) in [4.78, 5) is 10.3. The van der Waals surface area contributed by atoms with Crippen molar-refractivity contribution < 1.29 is 18.3 Å². The van der Waals surface area contributed by atoms with Crippen LogP contribution in [0, 0.1) is 5.92 Å². The Morgan fingerprint density at radius 2 is 2.18 bits per heavy atom. The maximum Gasteiger partial charge on any atom is 0.303 e. The smallest absolute Gasteiger partial charge is 0.303 e. The molecule has 1 rings (SSSR count). The number of piperidine rings is 1. The van der Waals surface area contributed by atoms with Crippen molar-refractivity contribution in [3.8, 4) is 0 Å². The fourth-order valence-electron chi connectivity index (χ4n) is 1.91. The van der Waals surface area contributed by atoms with E-state index in [1.807, 2.05) is 6.92 Å². The molecule has 0 radical (unpaired) electrons. The fourth-order valence-corrected chi connectivity index (χ4v) is 3.53. The highest BCUT2D eigenvalue weighted by molar-refractivity contribution is 7.89. The summed E-state index contributed by atoms with van der Waals surface area (Å²) in [5.74, 6) is -0.909. The van der Waals surface area contributed by atoms with Gasteiger partial charge in [0.15, 0.2) is 0 Å². The van der Waals surface area contributed by atoms with Gasteiger partial charge in [0.2, 0.25) is 10.0 Å². The first-order chi connectivity index (χ1) is 7.83. The summed E-state index contributed by atoms with van der Waals surface area (Å²) < 4.78 is 25.3. The number of rotatable bonds is 5. The maximum atomic E-state index is 11.9. The summed E-state index contributed by atoms with van der Waals surface area (Å²) in [6.45, 7) is 2.82. The van der Waals surface area contributed by atoms with Gasteiger partial charge >= 0.3 is 5.97 Å². The van der Waals surface area contributed by atoms with Gasteiger partial charge in [0, 0.05) is 25.6 Å². The van der Waals surface area contributed by atoms with Crippen molar-refractivity contribution in [3.63, 3.8) is 0 Å². The molecule has 2 unspecified atom stereocenters. The Balaban J connectivity index is 2.50. The van der Waals surface area contributed by atoms with E-state index in [-0.39, 0.29) is 30.6 Å². The molecule has 100 valence electrons. The van der Waals surface area contributed by atoms with Crippen LogP contribution >= 0.6 is 0 Å². The van der Waals surface area contributed by atoms with Gasteiger partial charge in [0.25, 0.3) is 0 Å². The Morgan fingerprint density at radius 3 is 2.71 bits per heavy atom. The molecule has 0 amide bonds. The van der Waals surface area contributed by atoms with Crippen LogP contribution in [0.1, 0.15) is 26.2 Å². The summed E-state index contributed by atoms with van der Waals surface area (Å²) >= 11 is 0. The topological polar surface area (TPSA) is 101 Å². The lowest BCUT2D eigenvalue weighted by Crippen LogP contribution is -2.48. The summed E-state index contributed by atoms with van der Waals surface area (Å²) in [6, 6.07) is 0.0560. The van der Waals surface area contributed by atoms with Crippen LogP contribution in [0.3, 0.4) is 0 Å². The number of nitrogens with zero attached hydrogens (tertiary/aromatic N) is 1. The second kappa shape index (κ2) is 5.79. The van der Waals surface area contributed by atoms with E-state index in [0.717, 1.165) is 0 Å². The highest BCUT2D eigenvalue weighted by Gasteiger charge is 2.30. The molecule has 0 aromatic heterocycles. The highest BCUT2D eigenvalue weighted by Crippen LogP contribution is 2.18. The highest BCUT2D eigenvalue weighted by atomic mass is 32.2. The van der Waals surface area contributed by atoms with Gasteiger partial charge in [-0.3, -0.25) is 4.79 Å². The minimum Gasteiger partial charge on any atom is -0.481 e. The standard InChI is InChI=1S/C10H20N2O4S/c1-8-7-12(5-4-9(8)11)17(15,16)6-2-3-10(13)14/h8-9H,2-7,11H2,1H3,(H,13,14). The first kappa shape index (κ1) is 14.4. The van der Waals surface area contributed by atoms with Crippen LogP contribution in [0.15, 0.2) is 0 Å². The van der Waals surface area contributed by atoms with E-state index in [1.165, 1.54) is 4.31 Å². The van der Waals surface area contributed by atoms with E-state index in [0.29, 0.717) is 19.5 Å². The molecular weight excluding hydrogens is 244 g/mol. The molecule has 0 saturated carbocycles. The average molecular weight is 264 g/mol. The number of aliphatic carboxylic acids is 1. The first-order valence-corrected chi connectivity index (χ1v) is 7.39. The van der Waals surface area contributed by atoms with Gasteiger partial charge in [-0.2, -0.15) is 0 Å². The van der Waals surface area contributed by atoms with Gasteiger partial charge in [-0.15, -0.1) is 0 Å². The molecular formula is C10H20N2O4S. The second-order valence-electron chi connectivity index (χ2n) is 4.60. The molecule has 0 spiro atoms. The van der Waals surface area contributed by atoms with Gasteiger partial charge in [0.1, 0.15) is 0 Å². The van der Waals surface area contributed by atoms with Gasteiger partial charge < -0.3 is 10.8 Å². The van der Waals surface area contributed by atoms with E-state index >= 15 is 0 Å². The van der Waals surface area contributed by atoms with Crippen LogP contribution in [0.5, 0.6) is 0 Å². The minimum atomic E-state index is -3.32. The van der Waals surface area contributed by atoms with E-state index in [9.17, 15) is 13.2 Å². The molecule has 1 saturated heterocycles. The second-order valence-corrected chi connectivity index (χ2v) is 6.69. The van der Waals surface area contributed by atoms with Gasteiger partial charge in [-0.25, -0.2) is 12.7 Å². The predicted molar refractivity (Wildman–Crippen MR) is 64.0 cm³/mol. The molecule has 7 heteroatoms. The van der Waals surface area contributed by atoms with Crippen LogP contribution in [-0.4, -0.2) is 48.7 Å². The van der Waals surface area contributed by atoms with Crippen LogP contribution in [-0.2, 0) is 14.8 Å². The summed E-state index contributed by atoms with van der Waals surface area (Å²) in [7, 11) is -3.32. The van der Waals surface area contributed by atoms with Crippen LogP contribution < -0.4 is 5.73 Å². The number of carbonyl (C=O) groups is 1. The summed E-state index contributed by atoms with van der Waals surface area (Å²) in [6.07, 6.45) is 0.718. The Bertz CT molecular complexity index is 369. The Hall–Kier alpha value is -0.660. The number of sulfonamides is 1. The van der Waals surface area contributed by atoms with E-state index in [2.05, 4.69) is 0 Å². The SMILES string of the molecule is CC1CN(S(=O)(=O)CCCC(=O)O)CCC1N. The number of carboxylic acids is 1. The number of hydrogen-bond donors (Lipinski definition) is 2. The van der Waals surface area contributed by atoms with E-state index in [4.69, 9.17) is 10.8 Å². The number of nitrogens with two attached hydrogens (primary N) is 1. The largest absolute Gasteiger partial charge is 0.481 e. The molecule has 0 aliphatic carbocycles. The predicted octanol–water partition coefficient (Wildman–Crippen LogP) is -0.150. The van der Waals surface area contributed by atoms with Crippen molar-refractivity contribution in [2.75, 3.05) is 18.8 Å². The molecule has 6 nitrogen and oxygen atoms in total. The lowest BCUT2D eigenvalue weighted by atomic mass is 9.96. The average Bonchev–Trinajstić information content (AvgIpc) is 2.21. The molecule has 3 N–H and O–H groups in total. The van der Waals surface area contributed by atoms with Crippen LogP contribution in [0.25, 0.3) is 0 Å². The Morgan fingerprint density at radius 1 is 1.53 bits per heavy atom. The molecule has 1 fully saturated rings. The number of hydrogen-bond acceptors (Lipinski definition) is 4. The van der Waals surface area contributed by atoms with Crippen LogP contribution in [0.4, 0.5) is 0 Å². The fraction of sp³-hybridized carbons (Fsp3) is 0.900. The Labute approximate surface area is 102 Å². The zero-order valence-electron chi connectivity index (χ0n) is 10.0. The van der Waals surface area contributed by atoms with Crippen molar-refractivity contribution in [2.45, 2.75) is 32.2 Å². The third-order valence-electron chi connectivity index (χ3n) is 3.12. The third kappa shape index (κ3) is 4.25. The summed E-state index contributed by atoms with van der Waals surface area (Å²) in [5, 5.41) is 8.47. The molecule has 2 atom stereocenters. The quantitative estimate of drug-likeness (QED) is 0.719. The van der Waals surface area contributed by atoms with Crippen LogP contribution in [0.2, 0.25) is 0 Å². The minimum absolute atomic E-state index is 0.0560. The molecule has 0 aromatic rings. The molecule has 1 heterocycles. The summed E-state index contributed by atoms with van der Waals surface area (Å²) in [5.41, 5.74) is 5.82. The van der Waals surface area contributed by atoms with Gasteiger partial charge in [0.05, 0.1) is 5.75 Å². The van der Waals surface area contributed by atoms with Crippen molar-refractivity contribution in [3.05, 3.63) is 0 Å². The van der Waals surface area contributed by atoms with Gasteiger partial charge in [-0.05, 0) is 18.8 Å².